The lowest BCUT2D eigenvalue weighted by atomic mass is 10.1. The average molecular weight is 448 g/mol. The number of carbonyl (C=O) groups is 1. The van der Waals surface area contributed by atoms with Crippen LogP contribution >= 0.6 is 0 Å². The lowest BCUT2D eigenvalue weighted by molar-refractivity contribution is -0.141. The standard InChI is InChI=1S/C21H19F3N4O4/c22-21(23,24)16-8-7-14(19(30)26-16)20(31)28(10-12-4-3-9-32-12)11-17-25-15-6-2-1-5-13(15)18(29)27-17/h1-2,5-8,12H,3-4,9-11H2,(H,26,30)(H,25,27,29)/t12-/m1/s1. The second kappa shape index (κ2) is 8.58. The smallest absolute Gasteiger partial charge is 0.376 e. The van der Waals surface area contributed by atoms with E-state index in [1.54, 1.807) is 29.2 Å². The average Bonchev–Trinajstić information content (AvgIpc) is 3.25. The highest BCUT2D eigenvalue weighted by Crippen LogP contribution is 2.26. The summed E-state index contributed by atoms with van der Waals surface area (Å²) in [6.45, 7) is 0.466. The van der Waals surface area contributed by atoms with E-state index in [9.17, 15) is 27.6 Å². The number of amides is 1. The molecule has 1 aliphatic rings. The molecule has 2 N–H and O–H groups in total. The monoisotopic (exact) mass is 448 g/mol. The van der Waals surface area contributed by atoms with E-state index < -0.39 is 28.9 Å². The first-order chi connectivity index (χ1) is 15.2. The number of hydrogen-bond donors (Lipinski definition) is 2. The molecule has 11 heteroatoms. The van der Waals surface area contributed by atoms with Gasteiger partial charge in [0.05, 0.1) is 23.6 Å². The molecule has 0 bridgehead atoms. The number of aromatic amines is 2. The van der Waals surface area contributed by atoms with Crippen molar-refractivity contribution in [1.82, 2.24) is 19.9 Å². The van der Waals surface area contributed by atoms with Crippen LogP contribution in [0.3, 0.4) is 0 Å². The number of nitrogens with one attached hydrogen (secondary N) is 2. The zero-order chi connectivity index (χ0) is 22.9. The normalized spacial score (nSPS) is 16.4. The van der Waals surface area contributed by atoms with Crippen molar-refractivity contribution in [2.45, 2.75) is 31.7 Å². The molecule has 1 atom stereocenters. The van der Waals surface area contributed by atoms with Gasteiger partial charge in [0.25, 0.3) is 17.0 Å². The lowest BCUT2D eigenvalue weighted by Gasteiger charge is -2.25. The molecule has 0 saturated carbocycles. The summed E-state index contributed by atoms with van der Waals surface area (Å²) in [4.78, 5) is 47.7. The van der Waals surface area contributed by atoms with E-state index in [2.05, 4.69) is 9.97 Å². The van der Waals surface area contributed by atoms with Crippen LogP contribution in [0.15, 0.2) is 46.0 Å². The Bertz CT molecular complexity index is 1260. The number of benzene rings is 1. The highest BCUT2D eigenvalue weighted by Gasteiger charge is 2.33. The van der Waals surface area contributed by atoms with Gasteiger partial charge in [-0.1, -0.05) is 12.1 Å². The number of halogens is 3. The number of aromatic nitrogens is 3. The molecule has 3 aromatic rings. The molecule has 1 fully saturated rings. The molecular formula is C21H19F3N4O4. The van der Waals surface area contributed by atoms with E-state index in [1.807, 2.05) is 0 Å². The fourth-order valence-corrected chi connectivity index (χ4v) is 3.62. The van der Waals surface area contributed by atoms with Crippen LogP contribution in [-0.4, -0.2) is 45.0 Å². The van der Waals surface area contributed by atoms with Crippen molar-refractivity contribution in [3.05, 3.63) is 74.2 Å². The van der Waals surface area contributed by atoms with Crippen molar-refractivity contribution < 1.29 is 22.7 Å². The van der Waals surface area contributed by atoms with E-state index in [0.29, 0.717) is 30.0 Å². The fraction of sp³-hybridized carbons (Fsp3) is 0.333. The molecule has 0 unspecified atom stereocenters. The molecule has 32 heavy (non-hydrogen) atoms. The minimum Gasteiger partial charge on any atom is -0.376 e. The number of carbonyl (C=O) groups excluding carboxylic acids is 1. The van der Waals surface area contributed by atoms with Gasteiger partial charge in [0.15, 0.2) is 0 Å². The topological polar surface area (TPSA) is 108 Å². The molecule has 1 aliphatic heterocycles. The number of ether oxygens (including phenoxy) is 1. The van der Waals surface area contributed by atoms with Crippen molar-refractivity contribution in [3.63, 3.8) is 0 Å². The van der Waals surface area contributed by atoms with Crippen molar-refractivity contribution >= 4 is 16.8 Å². The maximum atomic E-state index is 13.1. The Hall–Kier alpha value is -3.47. The summed E-state index contributed by atoms with van der Waals surface area (Å²) in [5.74, 6) is -0.602. The molecule has 1 amide bonds. The predicted molar refractivity (Wildman–Crippen MR) is 108 cm³/mol. The first kappa shape index (κ1) is 21.8. The molecule has 0 aliphatic carbocycles. The Morgan fingerprint density at radius 2 is 1.91 bits per heavy atom. The Morgan fingerprint density at radius 1 is 1.12 bits per heavy atom. The van der Waals surface area contributed by atoms with Gasteiger partial charge >= 0.3 is 6.18 Å². The molecule has 2 aromatic heterocycles. The minimum atomic E-state index is -4.74. The number of para-hydroxylation sites is 1. The minimum absolute atomic E-state index is 0.0931. The predicted octanol–water partition coefficient (Wildman–Crippen LogP) is 2.45. The number of rotatable bonds is 5. The van der Waals surface area contributed by atoms with Crippen LogP contribution in [0, 0.1) is 0 Å². The number of fused-ring (bicyclic) bond motifs is 1. The quantitative estimate of drug-likeness (QED) is 0.624. The Kier molecular flexibility index (Phi) is 5.83. The Balaban J connectivity index is 1.67. The van der Waals surface area contributed by atoms with Crippen LogP contribution in [-0.2, 0) is 17.5 Å². The molecule has 4 rings (SSSR count). The van der Waals surface area contributed by atoms with Crippen LogP contribution in [0.1, 0.15) is 34.7 Å². The lowest BCUT2D eigenvalue weighted by Crippen LogP contribution is -2.40. The number of pyridine rings is 1. The van der Waals surface area contributed by atoms with Gasteiger partial charge in [-0.25, -0.2) is 4.98 Å². The molecule has 1 saturated heterocycles. The molecule has 8 nitrogen and oxygen atoms in total. The van der Waals surface area contributed by atoms with E-state index in [1.165, 1.54) is 4.90 Å². The number of H-pyrrole nitrogens is 2. The summed E-state index contributed by atoms with van der Waals surface area (Å²) in [5, 5.41) is 0.382. The van der Waals surface area contributed by atoms with Crippen molar-refractivity contribution in [2.24, 2.45) is 0 Å². The van der Waals surface area contributed by atoms with Gasteiger partial charge in [0, 0.05) is 13.2 Å². The fourth-order valence-electron chi connectivity index (χ4n) is 3.62. The number of hydrogen-bond acceptors (Lipinski definition) is 5. The van der Waals surface area contributed by atoms with Crippen molar-refractivity contribution in [3.8, 4) is 0 Å². The third-order valence-electron chi connectivity index (χ3n) is 5.18. The molecular weight excluding hydrogens is 429 g/mol. The van der Waals surface area contributed by atoms with Gasteiger partial charge in [-0.3, -0.25) is 14.4 Å². The van der Waals surface area contributed by atoms with Crippen molar-refractivity contribution in [1.29, 1.82) is 0 Å². The summed E-state index contributed by atoms with van der Waals surface area (Å²) < 4.78 is 44.2. The zero-order valence-corrected chi connectivity index (χ0v) is 16.7. The summed E-state index contributed by atoms with van der Waals surface area (Å²) in [6.07, 6.45) is -3.54. The van der Waals surface area contributed by atoms with Gasteiger partial charge in [-0.05, 0) is 37.1 Å². The van der Waals surface area contributed by atoms with Gasteiger partial charge in [0.1, 0.15) is 17.1 Å². The number of nitrogens with zero attached hydrogens (tertiary/aromatic N) is 2. The highest BCUT2D eigenvalue weighted by atomic mass is 19.4. The summed E-state index contributed by atoms with van der Waals surface area (Å²) >= 11 is 0. The van der Waals surface area contributed by atoms with Gasteiger partial charge < -0.3 is 19.6 Å². The summed E-state index contributed by atoms with van der Waals surface area (Å²) in [5.41, 5.74) is -2.79. The molecule has 1 aromatic carbocycles. The van der Waals surface area contributed by atoms with Crippen molar-refractivity contribution in [2.75, 3.05) is 13.2 Å². The van der Waals surface area contributed by atoms with Crippen LogP contribution in [0.25, 0.3) is 10.9 Å². The van der Waals surface area contributed by atoms with Gasteiger partial charge in [-0.15, -0.1) is 0 Å². The van der Waals surface area contributed by atoms with E-state index >= 15 is 0 Å². The first-order valence-electron chi connectivity index (χ1n) is 9.92. The van der Waals surface area contributed by atoms with Crippen LogP contribution in [0.4, 0.5) is 13.2 Å². The SMILES string of the molecule is O=C(c1ccc(C(F)(F)F)[nH]c1=O)N(Cc1nc2ccccc2c(=O)[nH]1)C[C@H]1CCCO1. The third kappa shape index (κ3) is 4.57. The van der Waals surface area contributed by atoms with E-state index in [4.69, 9.17) is 4.74 Å². The van der Waals surface area contributed by atoms with Gasteiger partial charge in [0.2, 0.25) is 0 Å². The first-order valence-corrected chi connectivity index (χ1v) is 9.92. The molecule has 168 valence electrons. The molecule has 0 radical (unpaired) electrons. The van der Waals surface area contributed by atoms with Crippen LogP contribution in [0.2, 0.25) is 0 Å². The second-order valence-corrected chi connectivity index (χ2v) is 7.46. The number of alkyl halides is 3. The summed E-state index contributed by atoms with van der Waals surface area (Å²) in [6, 6.07) is 8.18. The summed E-state index contributed by atoms with van der Waals surface area (Å²) in [7, 11) is 0. The largest absolute Gasteiger partial charge is 0.431 e. The van der Waals surface area contributed by atoms with Crippen LogP contribution < -0.4 is 11.1 Å². The Labute approximate surface area is 179 Å². The maximum Gasteiger partial charge on any atom is 0.431 e. The Morgan fingerprint density at radius 3 is 2.59 bits per heavy atom. The van der Waals surface area contributed by atoms with E-state index in [-0.39, 0.29) is 30.6 Å². The van der Waals surface area contributed by atoms with Gasteiger partial charge in [-0.2, -0.15) is 13.2 Å². The van der Waals surface area contributed by atoms with Crippen LogP contribution in [0.5, 0.6) is 0 Å². The highest BCUT2D eigenvalue weighted by molar-refractivity contribution is 5.93. The second-order valence-electron chi connectivity index (χ2n) is 7.46. The zero-order valence-electron chi connectivity index (χ0n) is 16.7. The maximum absolute atomic E-state index is 13.1. The molecule has 3 heterocycles. The van der Waals surface area contributed by atoms with E-state index in [0.717, 1.165) is 12.5 Å². The third-order valence-corrected chi connectivity index (χ3v) is 5.18. The molecule has 0 spiro atoms.